The van der Waals surface area contributed by atoms with Crippen molar-refractivity contribution < 1.29 is 14.3 Å². The fraction of sp³-hybridized carbons (Fsp3) is 0.0417. The number of furan rings is 1. The molecule has 0 spiro atoms. The number of aromatic nitrogens is 2. The van der Waals surface area contributed by atoms with Crippen molar-refractivity contribution in [3.05, 3.63) is 87.1 Å². The molecule has 5 rings (SSSR count). The van der Waals surface area contributed by atoms with Gasteiger partial charge in [0.15, 0.2) is 17.3 Å². The molecule has 3 aromatic carbocycles. The number of halogens is 1. The van der Waals surface area contributed by atoms with Crippen molar-refractivity contribution in [3.8, 4) is 23.1 Å². The molecular formula is C24H16BrN3O4. The van der Waals surface area contributed by atoms with Crippen LogP contribution in [0.2, 0.25) is 0 Å². The first-order valence-corrected chi connectivity index (χ1v) is 10.5. The molecule has 2 heterocycles. The van der Waals surface area contributed by atoms with E-state index >= 15 is 0 Å². The number of phenols is 1. The summed E-state index contributed by atoms with van der Waals surface area (Å²) < 4.78 is 12.8. The van der Waals surface area contributed by atoms with Crippen LogP contribution in [0.25, 0.3) is 33.5 Å². The van der Waals surface area contributed by atoms with Gasteiger partial charge in [-0.3, -0.25) is 4.79 Å². The summed E-state index contributed by atoms with van der Waals surface area (Å²) in [7, 11) is 1.46. The van der Waals surface area contributed by atoms with Gasteiger partial charge in [0.05, 0.1) is 28.7 Å². The van der Waals surface area contributed by atoms with E-state index in [1.807, 2.05) is 36.4 Å². The molecule has 2 aromatic heterocycles. The number of ether oxygens (including phenoxy) is 1. The minimum absolute atomic E-state index is 0.0165. The normalized spacial score (nSPS) is 11.6. The van der Waals surface area contributed by atoms with Crippen LogP contribution in [0, 0.1) is 0 Å². The summed E-state index contributed by atoms with van der Waals surface area (Å²) in [6, 6.07) is 19.8. The minimum atomic E-state index is -0.327. The Labute approximate surface area is 190 Å². The lowest BCUT2D eigenvalue weighted by molar-refractivity contribution is 0.372. The summed E-state index contributed by atoms with van der Waals surface area (Å²) in [6.45, 7) is 0. The third kappa shape index (κ3) is 3.44. The van der Waals surface area contributed by atoms with E-state index in [4.69, 9.17) is 9.15 Å². The summed E-state index contributed by atoms with van der Waals surface area (Å²) in [5.41, 5.74) is 1.52. The molecule has 0 aliphatic rings. The van der Waals surface area contributed by atoms with Crippen molar-refractivity contribution >= 4 is 44.0 Å². The number of benzene rings is 3. The lowest BCUT2D eigenvalue weighted by Crippen LogP contribution is -2.20. The number of phenolic OH excluding ortho intramolecular Hbond substituents is 1. The van der Waals surface area contributed by atoms with Crippen molar-refractivity contribution in [2.45, 2.75) is 0 Å². The molecule has 158 valence electrons. The lowest BCUT2D eigenvalue weighted by atomic mass is 10.2. The minimum Gasteiger partial charge on any atom is -0.503 e. The molecule has 0 saturated carbocycles. The Balaban J connectivity index is 1.72. The van der Waals surface area contributed by atoms with Crippen LogP contribution in [0.1, 0.15) is 5.56 Å². The molecule has 0 aliphatic heterocycles. The lowest BCUT2D eigenvalue weighted by Gasteiger charge is -2.08. The third-order valence-corrected chi connectivity index (χ3v) is 5.60. The van der Waals surface area contributed by atoms with Crippen molar-refractivity contribution in [3.63, 3.8) is 0 Å². The van der Waals surface area contributed by atoms with E-state index < -0.39 is 0 Å². The predicted octanol–water partition coefficient (Wildman–Crippen LogP) is 5.17. The number of fused-ring (bicyclic) bond motifs is 2. The first kappa shape index (κ1) is 20.0. The zero-order valence-corrected chi connectivity index (χ0v) is 18.4. The highest BCUT2D eigenvalue weighted by Gasteiger charge is 2.16. The Morgan fingerprint density at radius 3 is 2.72 bits per heavy atom. The van der Waals surface area contributed by atoms with Crippen molar-refractivity contribution in [2.75, 3.05) is 7.11 Å². The summed E-state index contributed by atoms with van der Waals surface area (Å²) >= 11 is 3.29. The summed E-state index contributed by atoms with van der Waals surface area (Å²) in [6.07, 6.45) is 1.50. The molecule has 0 atom stereocenters. The molecule has 0 bridgehead atoms. The number of methoxy groups -OCH3 is 1. The molecule has 7 nitrogen and oxygen atoms in total. The smallest absolute Gasteiger partial charge is 0.282 e. The average molecular weight is 490 g/mol. The van der Waals surface area contributed by atoms with Gasteiger partial charge in [0.1, 0.15) is 5.58 Å². The molecular weight excluding hydrogens is 474 g/mol. The van der Waals surface area contributed by atoms with Gasteiger partial charge in [-0.05, 0) is 57.9 Å². The second-order valence-electron chi connectivity index (χ2n) is 7.02. The maximum absolute atomic E-state index is 13.3. The highest BCUT2D eigenvalue weighted by molar-refractivity contribution is 9.10. The quantitative estimate of drug-likeness (QED) is 0.351. The van der Waals surface area contributed by atoms with E-state index in [0.717, 1.165) is 5.39 Å². The zero-order valence-electron chi connectivity index (χ0n) is 16.8. The van der Waals surface area contributed by atoms with Gasteiger partial charge in [0, 0.05) is 5.39 Å². The maximum Gasteiger partial charge on any atom is 0.282 e. The van der Waals surface area contributed by atoms with Gasteiger partial charge in [-0.2, -0.15) is 9.78 Å². The van der Waals surface area contributed by atoms with E-state index in [2.05, 4.69) is 26.0 Å². The molecule has 1 N–H and O–H groups in total. The van der Waals surface area contributed by atoms with Gasteiger partial charge in [-0.25, -0.2) is 4.98 Å². The highest BCUT2D eigenvalue weighted by atomic mass is 79.9. The number of para-hydroxylation sites is 2. The first-order chi connectivity index (χ1) is 15.5. The Morgan fingerprint density at radius 2 is 1.91 bits per heavy atom. The maximum atomic E-state index is 13.3. The first-order valence-electron chi connectivity index (χ1n) is 9.67. The van der Waals surface area contributed by atoms with Crippen molar-refractivity contribution in [2.24, 2.45) is 5.10 Å². The van der Waals surface area contributed by atoms with Crippen LogP contribution >= 0.6 is 15.9 Å². The fourth-order valence-electron chi connectivity index (χ4n) is 3.43. The van der Waals surface area contributed by atoms with E-state index in [0.29, 0.717) is 32.3 Å². The molecule has 5 aromatic rings. The van der Waals surface area contributed by atoms with E-state index in [-0.39, 0.29) is 22.9 Å². The van der Waals surface area contributed by atoms with Gasteiger partial charge in [0.2, 0.25) is 5.82 Å². The van der Waals surface area contributed by atoms with Crippen LogP contribution in [0.5, 0.6) is 11.5 Å². The van der Waals surface area contributed by atoms with Crippen LogP contribution in [0.15, 0.2) is 85.5 Å². The summed E-state index contributed by atoms with van der Waals surface area (Å²) in [5.74, 6) is 0.973. The number of hydrogen-bond donors (Lipinski definition) is 1. The van der Waals surface area contributed by atoms with Crippen LogP contribution in [0.3, 0.4) is 0 Å². The van der Waals surface area contributed by atoms with Gasteiger partial charge in [-0.1, -0.05) is 30.3 Å². The van der Waals surface area contributed by atoms with Crippen LogP contribution in [-0.4, -0.2) is 28.1 Å². The topological polar surface area (TPSA) is 89.9 Å². The fourth-order valence-corrected chi connectivity index (χ4v) is 3.89. The molecule has 32 heavy (non-hydrogen) atoms. The molecule has 0 amide bonds. The van der Waals surface area contributed by atoms with Gasteiger partial charge in [-0.15, -0.1) is 0 Å². The Kier molecular flexibility index (Phi) is 4.99. The van der Waals surface area contributed by atoms with Gasteiger partial charge in [0.25, 0.3) is 5.56 Å². The Hall–Kier alpha value is -3.91. The van der Waals surface area contributed by atoms with Crippen LogP contribution < -0.4 is 10.3 Å². The number of aromatic hydroxyl groups is 1. The second-order valence-corrected chi connectivity index (χ2v) is 7.87. The van der Waals surface area contributed by atoms with E-state index in [1.54, 1.807) is 30.3 Å². The SMILES string of the molecule is COc1cc(C=Nn2c(-c3cc4ccccc4o3)nc3ccccc3c2=O)cc(Br)c1O. The Morgan fingerprint density at radius 1 is 1.12 bits per heavy atom. The number of hydrogen-bond acceptors (Lipinski definition) is 6. The van der Waals surface area contributed by atoms with Crippen molar-refractivity contribution in [1.29, 1.82) is 0 Å². The largest absolute Gasteiger partial charge is 0.503 e. The van der Waals surface area contributed by atoms with E-state index in [1.165, 1.54) is 18.0 Å². The summed E-state index contributed by atoms with van der Waals surface area (Å²) in [5, 5.41) is 15.8. The van der Waals surface area contributed by atoms with Gasteiger partial charge >= 0.3 is 0 Å². The molecule has 0 fully saturated rings. The molecule has 0 radical (unpaired) electrons. The third-order valence-electron chi connectivity index (χ3n) is 4.99. The Bertz CT molecular complexity index is 1540. The van der Waals surface area contributed by atoms with E-state index in [9.17, 15) is 9.90 Å². The van der Waals surface area contributed by atoms with Crippen LogP contribution in [-0.2, 0) is 0 Å². The van der Waals surface area contributed by atoms with Gasteiger partial charge < -0.3 is 14.3 Å². The zero-order chi connectivity index (χ0) is 22.2. The standard InChI is InChI=1S/C24H16BrN3O4/c1-31-20-11-14(10-17(25)22(20)29)13-26-28-23(21-12-15-6-2-5-9-19(15)32-21)27-18-8-4-3-7-16(18)24(28)30/h2-13,29H,1H3. The summed E-state index contributed by atoms with van der Waals surface area (Å²) in [4.78, 5) is 18.0. The number of nitrogens with zero attached hydrogens (tertiary/aromatic N) is 3. The molecule has 0 saturated heterocycles. The second kappa shape index (κ2) is 7.97. The molecule has 8 heteroatoms. The highest BCUT2D eigenvalue weighted by Crippen LogP contribution is 2.34. The van der Waals surface area contributed by atoms with Crippen molar-refractivity contribution in [1.82, 2.24) is 9.66 Å². The predicted molar refractivity (Wildman–Crippen MR) is 127 cm³/mol. The molecule has 0 unspecified atom stereocenters. The monoisotopic (exact) mass is 489 g/mol. The average Bonchev–Trinajstić information content (AvgIpc) is 3.24. The number of rotatable bonds is 4. The van der Waals surface area contributed by atoms with Crippen LogP contribution in [0.4, 0.5) is 0 Å². The molecule has 0 aliphatic carbocycles.